The molecule has 0 saturated carbocycles. The summed E-state index contributed by atoms with van der Waals surface area (Å²) in [7, 11) is 0. The number of carbonyl (C=O) groups excluding carboxylic acids is 1. The van der Waals surface area contributed by atoms with Gasteiger partial charge in [-0.15, -0.1) is 0 Å². The van der Waals surface area contributed by atoms with Crippen LogP contribution < -0.4 is 0 Å². The Bertz CT molecular complexity index is 282. The van der Waals surface area contributed by atoms with Crippen molar-refractivity contribution >= 4 is 5.97 Å². The van der Waals surface area contributed by atoms with Crippen molar-refractivity contribution in [1.82, 2.24) is 0 Å². The van der Waals surface area contributed by atoms with Crippen LogP contribution in [0.2, 0.25) is 0 Å². The standard InChI is InChI=1S/C11H14O3/c1-9(7-12)8-14-11(13)10-5-3-2-4-6-10/h2-6,9,12H,7-8H2,1H3/t9-/m0/s1. The second-order valence-corrected chi connectivity index (χ2v) is 3.25. The Kier molecular flexibility index (Phi) is 4.13. The summed E-state index contributed by atoms with van der Waals surface area (Å²) in [6.07, 6.45) is 0. The van der Waals surface area contributed by atoms with Gasteiger partial charge in [0.15, 0.2) is 0 Å². The molecule has 0 aliphatic rings. The van der Waals surface area contributed by atoms with E-state index in [1.165, 1.54) is 0 Å². The maximum Gasteiger partial charge on any atom is 0.338 e. The molecule has 76 valence electrons. The van der Waals surface area contributed by atoms with E-state index in [-0.39, 0.29) is 25.1 Å². The zero-order valence-corrected chi connectivity index (χ0v) is 8.14. The molecule has 1 N–H and O–H groups in total. The Morgan fingerprint density at radius 1 is 1.43 bits per heavy atom. The second-order valence-electron chi connectivity index (χ2n) is 3.25. The average molecular weight is 194 g/mol. The summed E-state index contributed by atoms with van der Waals surface area (Å²) in [5, 5.41) is 8.73. The number of aliphatic hydroxyl groups excluding tert-OH is 1. The van der Waals surface area contributed by atoms with Gasteiger partial charge in [0.1, 0.15) is 0 Å². The summed E-state index contributed by atoms with van der Waals surface area (Å²) >= 11 is 0. The molecule has 0 aliphatic carbocycles. The molecule has 14 heavy (non-hydrogen) atoms. The van der Waals surface area contributed by atoms with Gasteiger partial charge in [0.2, 0.25) is 0 Å². The van der Waals surface area contributed by atoms with Crippen molar-refractivity contribution < 1.29 is 14.6 Å². The van der Waals surface area contributed by atoms with Gasteiger partial charge in [-0.3, -0.25) is 0 Å². The molecule has 0 aromatic heterocycles. The van der Waals surface area contributed by atoms with E-state index in [1.54, 1.807) is 24.3 Å². The fourth-order valence-corrected chi connectivity index (χ4v) is 0.928. The van der Waals surface area contributed by atoms with E-state index in [0.717, 1.165) is 0 Å². The van der Waals surface area contributed by atoms with Crippen LogP contribution in [0.4, 0.5) is 0 Å². The van der Waals surface area contributed by atoms with E-state index in [1.807, 2.05) is 13.0 Å². The van der Waals surface area contributed by atoms with Gasteiger partial charge in [0, 0.05) is 12.5 Å². The van der Waals surface area contributed by atoms with Crippen molar-refractivity contribution in [2.24, 2.45) is 5.92 Å². The van der Waals surface area contributed by atoms with Crippen molar-refractivity contribution in [3.05, 3.63) is 35.9 Å². The van der Waals surface area contributed by atoms with Gasteiger partial charge in [-0.2, -0.15) is 0 Å². The summed E-state index contributed by atoms with van der Waals surface area (Å²) in [5.74, 6) is -0.353. The molecule has 0 radical (unpaired) electrons. The van der Waals surface area contributed by atoms with Crippen LogP contribution in [-0.4, -0.2) is 24.3 Å². The van der Waals surface area contributed by atoms with E-state index in [9.17, 15) is 4.79 Å². The fraction of sp³-hybridized carbons (Fsp3) is 0.364. The van der Waals surface area contributed by atoms with Crippen LogP contribution in [0.15, 0.2) is 30.3 Å². The third-order valence-electron chi connectivity index (χ3n) is 1.82. The highest BCUT2D eigenvalue weighted by Crippen LogP contribution is 2.02. The Morgan fingerprint density at radius 2 is 2.07 bits per heavy atom. The molecule has 0 aliphatic heterocycles. The molecule has 1 rings (SSSR count). The van der Waals surface area contributed by atoms with E-state index in [4.69, 9.17) is 9.84 Å². The number of hydrogen-bond acceptors (Lipinski definition) is 3. The highest BCUT2D eigenvalue weighted by atomic mass is 16.5. The molecular weight excluding hydrogens is 180 g/mol. The molecule has 0 unspecified atom stereocenters. The van der Waals surface area contributed by atoms with Crippen molar-refractivity contribution in [2.45, 2.75) is 6.92 Å². The lowest BCUT2D eigenvalue weighted by atomic mass is 10.2. The van der Waals surface area contributed by atoms with Gasteiger partial charge in [-0.25, -0.2) is 4.79 Å². The van der Waals surface area contributed by atoms with Gasteiger partial charge in [-0.1, -0.05) is 25.1 Å². The largest absolute Gasteiger partial charge is 0.462 e. The molecule has 1 atom stereocenters. The van der Waals surface area contributed by atoms with E-state index < -0.39 is 0 Å². The molecule has 0 amide bonds. The molecule has 0 bridgehead atoms. The first-order valence-corrected chi connectivity index (χ1v) is 4.57. The molecule has 0 fully saturated rings. The first-order chi connectivity index (χ1) is 6.74. The first kappa shape index (κ1) is 10.7. The highest BCUT2D eigenvalue weighted by Gasteiger charge is 2.07. The van der Waals surface area contributed by atoms with Gasteiger partial charge >= 0.3 is 5.97 Å². The topological polar surface area (TPSA) is 46.5 Å². The molecular formula is C11H14O3. The third kappa shape index (κ3) is 3.18. The smallest absolute Gasteiger partial charge is 0.338 e. The minimum atomic E-state index is -0.342. The number of benzene rings is 1. The van der Waals surface area contributed by atoms with Crippen LogP contribution >= 0.6 is 0 Å². The van der Waals surface area contributed by atoms with Crippen molar-refractivity contribution in [1.29, 1.82) is 0 Å². The predicted octanol–water partition coefficient (Wildman–Crippen LogP) is 1.47. The zero-order valence-electron chi connectivity index (χ0n) is 8.14. The number of rotatable bonds is 4. The summed E-state index contributed by atoms with van der Waals surface area (Å²) in [6, 6.07) is 8.81. The van der Waals surface area contributed by atoms with E-state index in [0.29, 0.717) is 5.56 Å². The summed E-state index contributed by atoms with van der Waals surface area (Å²) in [6.45, 7) is 2.10. The Hall–Kier alpha value is -1.35. The maximum absolute atomic E-state index is 11.4. The van der Waals surface area contributed by atoms with Gasteiger partial charge in [0.05, 0.1) is 12.2 Å². The van der Waals surface area contributed by atoms with Crippen molar-refractivity contribution in [3.63, 3.8) is 0 Å². The molecule has 3 nitrogen and oxygen atoms in total. The van der Waals surface area contributed by atoms with Crippen LogP contribution in [0.5, 0.6) is 0 Å². The number of ether oxygens (including phenoxy) is 1. The molecule has 3 heteroatoms. The van der Waals surface area contributed by atoms with Crippen molar-refractivity contribution in [2.75, 3.05) is 13.2 Å². The molecule has 0 heterocycles. The quantitative estimate of drug-likeness (QED) is 0.738. The minimum absolute atomic E-state index is 0.0114. The summed E-state index contributed by atoms with van der Waals surface area (Å²) < 4.78 is 4.98. The second kappa shape index (κ2) is 5.40. The van der Waals surface area contributed by atoms with Crippen LogP contribution in [0.25, 0.3) is 0 Å². The van der Waals surface area contributed by atoms with Gasteiger partial charge in [0.25, 0.3) is 0 Å². The Balaban J connectivity index is 2.44. The SMILES string of the molecule is C[C@@H](CO)COC(=O)c1ccccc1. The number of hydrogen-bond donors (Lipinski definition) is 1. The summed E-state index contributed by atoms with van der Waals surface area (Å²) in [5.41, 5.74) is 0.539. The number of carbonyl (C=O) groups is 1. The average Bonchev–Trinajstić information content (AvgIpc) is 2.26. The molecule has 0 spiro atoms. The van der Waals surface area contributed by atoms with Gasteiger partial charge < -0.3 is 9.84 Å². The predicted molar refractivity (Wildman–Crippen MR) is 53.0 cm³/mol. The van der Waals surface area contributed by atoms with Crippen LogP contribution in [0.1, 0.15) is 17.3 Å². The zero-order chi connectivity index (χ0) is 10.4. The monoisotopic (exact) mass is 194 g/mol. The Morgan fingerprint density at radius 3 is 2.64 bits per heavy atom. The Labute approximate surface area is 83.3 Å². The molecule has 0 saturated heterocycles. The highest BCUT2D eigenvalue weighted by molar-refractivity contribution is 5.89. The van der Waals surface area contributed by atoms with Crippen LogP contribution in [0.3, 0.4) is 0 Å². The molecule has 1 aromatic carbocycles. The summed E-state index contributed by atoms with van der Waals surface area (Å²) in [4.78, 5) is 11.4. The minimum Gasteiger partial charge on any atom is -0.462 e. The van der Waals surface area contributed by atoms with Crippen molar-refractivity contribution in [3.8, 4) is 0 Å². The van der Waals surface area contributed by atoms with Crippen LogP contribution in [0, 0.1) is 5.92 Å². The normalized spacial score (nSPS) is 12.1. The lowest BCUT2D eigenvalue weighted by molar-refractivity contribution is 0.0405. The molecule has 1 aromatic rings. The lowest BCUT2D eigenvalue weighted by Crippen LogP contribution is -2.14. The fourth-order valence-electron chi connectivity index (χ4n) is 0.928. The maximum atomic E-state index is 11.4. The number of aliphatic hydroxyl groups is 1. The number of esters is 1. The van der Waals surface area contributed by atoms with E-state index in [2.05, 4.69) is 0 Å². The van der Waals surface area contributed by atoms with Gasteiger partial charge in [-0.05, 0) is 12.1 Å². The van der Waals surface area contributed by atoms with E-state index >= 15 is 0 Å². The first-order valence-electron chi connectivity index (χ1n) is 4.57. The lowest BCUT2D eigenvalue weighted by Gasteiger charge is -2.08. The third-order valence-corrected chi connectivity index (χ3v) is 1.82. The van der Waals surface area contributed by atoms with Crippen LogP contribution in [-0.2, 0) is 4.74 Å².